The molecule has 2 aromatic rings. The van der Waals surface area contributed by atoms with Crippen molar-refractivity contribution >= 4 is 15.9 Å². The first kappa shape index (κ1) is 14.2. The number of hydrogen-bond acceptors (Lipinski definition) is 5. The van der Waals surface area contributed by atoms with Gasteiger partial charge in [-0.05, 0) is 19.1 Å². The minimum Gasteiger partial charge on any atom is -0.329 e. The minimum atomic E-state index is -3.81. The normalized spacial score (nSPS) is 11.3. The fourth-order valence-corrected chi connectivity index (χ4v) is 2.72. The summed E-state index contributed by atoms with van der Waals surface area (Å²) in [6, 6.07) is 7.40. The molecule has 0 saturated heterocycles. The van der Waals surface area contributed by atoms with Crippen LogP contribution in [-0.2, 0) is 9.84 Å². The molecule has 106 valence electrons. The van der Waals surface area contributed by atoms with Crippen LogP contribution in [0.15, 0.2) is 40.4 Å². The highest BCUT2D eigenvalue weighted by Gasteiger charge is 2.25. The number of amides is 1. The predicted molar refractivity (Wildman–Crippen MR) is 71.1 cm³/mol. The van der Waals surface area contributed by atoms with E-state index in [0.717, 1.165) is 4.68 Å². The third-order valence-corrected chi connectivity index (χ3v) is 4.15. The van der Waals surface area contributed by atoms with Crippen LogP contribution in [0.4, 0.5) is 4.79 Å². The van der Waals surface area contributed by atoms with Gasteiger partial charge < -0.3 is 4.90 Å². The zero-order valence-corrected chi connectivity index (χ0v) is 12.1. The topological polar surface area (TPSA) is 85.2 Å². The van der Waals surface area contributed by atoms with E-state index >= 15 is 0 Å². The average Bonchev–Trinajstić information content (AvgIpc) is 2.81. The summed E-state index contributed by atoms with van der Waals surface area (Å²) in [5.74, 6) is 0.221. The molecule has 0 unspecified atom stereocenters. The monoisotopic (exact) mass is 294 g/mol. The van der Waals surface area contributed by atoms with Crippen LogP contribution in [0.3, 0.4) is 0 Å². The molecule has 0 radical (unpaired) electrons. The molecule has 0 atom stereocenters. The predicted octanol–water partition coefficient (Wildman–Crippen LogP) is 0.949. The lowest BCUT2D eigenvalue weighted by Crippen LogP contribution is -2.29. The van der Waals surface area contributed by atoms with Gasteiger partial charge in [0.25, 0.3) is 5.16 Å². The van der Waals surface area contributed by atoms with Crippen molar-refractivity contribution in [1.82, 2.24) is 19.7 Å². The third-order valence-electron chi connectivity index (χ3n) is 2.61. The molecule has 2 rings (SSSR count). The number of carbonyl (C=O) groups is 1. The molecule has 0 bridgehead atoms. The summed E-state index contributed by atoms with van der Waals surface area (Å²) < 4.78 is 25.6. The van der Waals surface area contributed by atoms with Gasteiger partial charge in [-0.25, -0.2) is 18.2 Å². The van der Waals surface area contributed by atoms with Crippen LogP contribution in [0.2, 0.25) is 0 Å². The van der Waals surface area contributed by atoms with Crippen LogP contribution < -0.4 is 0 Å². The van der Waals surface area contributed by atoms with Gasteiger partial charge in [-0.1, -0.05) is 18.2 Å². The smallest absolute Gasteiger partial charge is 0.329 e. The molecule has 1 heterocycles. The van der Waals surface area contributed by atoms with Crippen molar-refractivity contribution in [3.63, 3.8) is 0 Å². The lowest BCUT2D eigenvalue weighted by atomic mass is 10.4. The molecule has 0 N–H and O–H groups in total. The Kier molecular flexibility index (Phi) is 3.58. The van der Waals surface area contributed by atoms with Crippen molar-refractivity contribution < 1.29 is 13.2 Å². The molecule has 8 heteroatoms. The average molecular weight is 294 g/mol. The molecule has 0 saturated carbocycles. The first-order chi connectivity index (χ1) is 9.34. The van der Waals surface area contributed by atoms with Crippen molar-refractivity contribution in [1.29, 1.82) is 0 Å². The first-order valence-electron chi connectivity index (χ1n) is 5.79. The Balaban J connectivity index is 2.50. The fraction of sp³-hybridized carbons (Fsp3) is 0.250. The molecule has 0 spiro atoms. The molecule has 0 aliphatic rings. The highest BCUT2D eigenvalue weighted by molar-refractivity contribution is 7.91. The fourth-order valence-electron chi connectivity index (χ4n) is 1.56. The minimum absolute atomic E-state index is 0.0921. The van der Waals surface area contributed by atoms with Crippen LogP contribution in [0, 0.1) is 6.92 Å². The van der Waals surface area contributed by atoms with Crippen molar-refractivity contribution in [2.75, 3.05) is 14.1 Å². The van der Waals surface area contributed by atoms with Gasteiger partial charge in [-0.2, -0.15) is 4.68 Å². The lowest BCUT2D eigenvalue weighted by Gasteiger charge is -2.09. The Hall–Kier alpha value is -2.22. The Labute approximate surface area is 116 Å². The molecule has 0 aliphatic heterocycles. The second kappa shape index (κ2) is 5.04. The van der Waals surface area contributed by atoms with E-state index in [-0.39, 0.29) is 15.9 Å². The molecule has 1 aromatic heterocycles. The second-order valence-electron chi connectivity index (χ2n) is 4.35. The molecule has 0 fully saturated rings. The van der Waals surface area contributed by atoms with Gasteiger partial charge in [-0.3, -0.25) is 0 Å². The highest BCUT2D eigenvalue weighted by Crippen LogP contribution is 2.17. The zero-order chi connectivity index (χ0) is 14.9. The van der Waals surface area contributed by atoms with Crippen LogP contribution in [0.1, 0.15) is 5.82 Å². The van der Waals surface area contributed by atoms with E-state index in [1.54, 1.807) is 32.3 Å². The standard InChI is InChI=1S/C12H14N4O3S/c1-9-13-11(14-16(9)12(17)15(2)3)20(18,19)10-7-5-4-6-8-10/h4-8H,1-3H3. The lowest BCUT2D eigenvalue weighted by molar-refractivity contribution is 0.215. The van der Waals surface area contributed by atoms with E-state index in [0.29, 0.717) is 0 Å². The number of aryl methyl sites for hydroxylation is 1. The first-order valence-corrected chi connectivity index (χ1v) is 7.28. The molecular weight excluding hydrogens is 280 g/mol. The van der Waals surface area contributed by atoms with Crippen molar-refractivity contribution in [2.45, 2.75) is 17.0 Å². The number of nitrogens with zero attached hydrogens (tertiary/aromatic N) is 4. The van der Waals surface area contributed by atoms with Gasteiger partial charge in [0.2, 0.25) is 9.84 Å². The van der Waals surface area contributed by atoms with E-state index in [1.807, 2.05) is 0 Å². The van der Waals surface area contributed by atoms with Crippen molar-refractivity contribution in [3.8, 4) is 0 Å². The van der Waals surface area contributed by atoms with E-state index in [4.69, 9.17) is 0 Å². The van der Waals surface area contributed by atoms with Gasteiger partial charge >= 0.3 is 6.03 Å². The number of sulfone groups is 1. The largest absolute Gasteiger partial charge is 0.345 e. The molecule has 7 nitrogen and oxygen atoms in total. The van der Waals surface area contributed by atoms with Crippen LogP contribution in [-0.4, -0.2) is 48.2 Å². The van der Waals surface area contributed by atoms with Crippen LogP contribution >= 0.6 is 0 Å². The Morgan fingerprint density at radius 1 is 1.20 bits per heavy atom. The Morgan fingerprint density at radius 2 is 1.80 bits per heavy atom. The third kappa shape index (κ3) is 2.42. The molecular formula is C12H14N4O3S. The summed E-state index contributed by atoms with van der Waals surface area (Å²) in [7, 11) is -0.713. The summed E-state index contributed by atoms with van der Waals surface area (Å²) in [6.45, 7) is 1.53. The number of hydrogen-bond donors (Lipinski definition) is 0. The maximum absolute atomic E-state index is 12.3. The van der Waals surface area contributed by atoms with E-state index < -0.39 is 15.9 Å². The summed E-state index contributed by atoms with van der Waals surface area (Å²) in [4.78, 5) is 17.1. The van der Waals surface area contributed by atoms with Gasteiger partial charge in [0, 0.05) is 14.1 Å². The number of rotatable bonds is 2. The van der Waals surface area contributed by atoms with Gasteiger partial charge in [0.15, 0.2) is 0 Å². The Bertz CT molecular complexity index is 735. The molecule has 0 aliphatic carbocycles. The van der Waals surface area contributed by atoms with Crippen molar-refractivity contribution in [3.05, 3.63) is 36.2 Å². The van der Waals surface area contributed by atoms with Gasteiger partial charge in [0.1, 0.15) is 5.82 Å². The SMILES string of the molecule is Cc1nc(S(=O)(=O)c2ccccc2)nn1C(=O)N(C)C. The number of aromatic nitrogens is 3. The zero-order valence-electron chi connectivity index (χ0n) is 11.3. The number of carbonyl (C=O) groups excluding carboxylic acids is 1. The van der Waals surface area contributed by atoms with E-state index in [1.165, 1.54) is 24.0 Å². The molecule has 20 heavy (non-hydrogen) atoms. The summed E-state index contributed by atoms with van der Waals surface area (Å²) >= 11 is 0. The quantitative estimate of drug-likeness (QED) is 0.823. The highest BCUT2D eigenvalue weighted by atomic mass is 32.2. The summed E-state index contributed by atoms with van der Waals surface area (Å²) in [5.41, 5.74) is 0. The second-order valence-corrected chi connectivity index (χ2v) is 6.19. The number of benzene rings is 1. The Morgan fingerprint density at radius 3 is 2.35 bits per heavy atom. The van der Waals surface area contributed by atoms with Gasteiger partial charge in [-0.15, -0.1) is 5.10 Å². The summed E-state index contributed by atoms with van der Waals surface area (Å²) in [6.07, 6.45) is 0. The molecule has 1 amide bonds. The molecule has 1 aromatic carbocycles. The van der Waals surface area contributed by atoms with Crippen LogP contribution in [0.25, 0.3) is 0 Å². The van der Waals surface area contributed by atoms with Crippen molar-refractivity contribution in [2.24, 2.45) is 0 Å². The van der Waals surface area contributed by atoms with E-state index in [2.05, 4.69) is 10.1 Å². The van der Waals surface area contributed by atoms with E-state index in [9.17, 15) is 13.2 Å². The van der Waals surface area contributed by atoms with Crippen LogP contribution in [0.5, 0.6) is 0 Å². The maximum atomic E-state index is 12.3. The maximum Gasteiger partial charge on any atom is 0.345 e. The summed E-state index contributed by atoms with van der Waals surface area (Å²) in [5, 5.41) is 3.43. The van der Waals surface area contributed by atoms with Gasteiger partial charge in [0.05, 0.1) is 4.90 Å².